The molecule has 0 saturated carbocycles. The van der Waals surface area contributed by atoms with Crippen molar-refractivity contribution in [3.8, 4) is 0 Å². The number of hydrogen-bond donors (Lipinski definition) is 1. The van der Waals surface area contributed by atoms with E-state index in [1.807, 2.05) is 32.6 Å². The molecule has 0 aliphatic rings. The molecule has 3 nitrogen and oxygen atoms in total. The highest BCUT2D eigenvalue weighted by Gasteiger charge is 2.24. The fraction of sp³-hybridized carbons (Fsp3) is 0.750. The molecule has 0 fully saturated rings. The quantitative estimate of drug-likeness (QED) is 0.680. The molecule has 15 heavy (non-hydrogen) atoms. The third-order valence-corrected chi connectivity index (χ3v) is 2.53. The summed E-state index contributed by atoms with van der Waals surface area (Å²) in [7, 11) is 0. The highest BCUT2D eigenvalue weighted by Crippen LogP contribution is 2.13. The van der Waals surface area contributed by atoms with Crippen molar-refractivity contribution in [2.45, 2.75) is 27.7 Å². The van der Waals surface area contributed by atoms with Crippen molar-refractivity contribution in [1.82, 2.24) is 4.90 Å². The van der Waals surface area contributed by atoms with Gasteiger partial charge in [0, 0.05) is 19.6 Å². The van der Waals surface area contributed by atoms with Crippen LogP contribution in [0.5, 0.6) is 0 Å². The molecular weight excluding hydrogens is 188 g/mol. The fourth-order valence-electron chi connectivity index (χ4n) is 1.56. The van der Waals surface area contributed by atoms with Gasteiger partial charge in [-0.25, -0.2) is 0 Å². The average molecular weight is 212 g/mol. The molecule has 1 atom stereocenters. The Kier molecular flexibility index (Phi) is 6.25. The van der Waals surface area contributed by atoms with Crippen LogP contribution in [0.25, 0.3) is 0 Å². The number of carbonyl (C=O) groups excluding carboxylic acids is 1. The number of hydrogen-bond acceptors (Lipinski definition) is 2. The third-order valence-electron chi connectivity index (χ3n) is 2.53. The SMILES string of the molecule is C=C(C)CN(CC)C(=O)C(CN)C(C)C. The predicted octanol–water partition coefficient (Wildman–Crippen LogP) is 1.64. The van der Waals surface area contributed by atoms with Crippen LogP contribution in [0.3, 0.4) is 0 Å². The van der Waals surface area contributed by atoms with E-state index in [1.165, 1.54) is 0 Å². The summed E-state index contributed by atoms with van der Waals surface area (Å²) in [5, 5.41) is 0. The third kappa shape index (κ3) is 4.47. The Labute approximate surface area is 93.3 Å². The molecule has 0 aromatic heterocycles. The maximum atomic E-state index is 12.1. The highest BCUT2D eigenvalue weighted by atomic mass is 16.2. The minimum absolute atomic E-state index is 0.0655. The molecule has 0 bridgehead atoms. The van der Waals surface area contributed by atoms with Crippen molar-refractivity contribution in [3.05, 3.63) is 12.2 Å². The average Bonchev–Trinajstić information content (AvgIpc) is 2.14. The van der Waals surface area contributed by atoms with Gasteiger partial charge in [0.15, 0.2) is 0 Å². The summed E-state index contributed by atoms with van der Waals surface area (Å²) in [6, 6.07) is 0. The molecule has 0 saturated heterocycles. The number of likely N-dealkylation sites (N-methyl/N-ethyl adjacent to an activating group) is 1. The van der Waals surface area contributed by atoms with E-state index in [2.05, 4.69) is 6.58 Å². The van der Waals surface area contributed by atoms with Crippen LogP contribution in [0.2, 0.25) is 0 Å². The fourth-order valence-corrected chi connectivity index (χ4v) is 1.56. The van der Waals surface area contributed by atoms with E-state index in [1.54, 1.807) is 0 Å². The maximum Gasteiger partial charge on any atom is 0.227 e. The Morgan fingerprint density at radius 3 is 2.27 bits per heavy atom. The molecule has 0 rings (SSSR count). The van der Waals surface area contributed by atoms with Gasteiger partial charge in [0.2, 0.25) is 5.91 Å². The second-order valence-corrected chi connectivity index (χ2v) is 4.40. The summed E-state index contributed by atoms with van der Waals surface area (Å²) in [6.45, 7) is 13.6. The molecule has 0 aromatic carbocycles. The molecule has 0 aliphatic carbocycles. The first-order valence-corrected chi connectivity index (χ1v) is 5.57. The van der Waals surface area contributed by atoms with Crippen LogP contribution in [-0.4, -0.2) is 30.4 Å². The van der Waals surface area contributed by atoms with Gasteiger partial charge in [-0.05, 0) is 19.8 Å². The van der Waals surface area contributed by atoms with Crippen LogP contribution in [0.1, 0.15) is 27.7 Å². The van der Waals surface area contributed by atoms with Gasteiger partial charge in [-0.3, -0.25) is 4.79 Å². The molecule has 1 amide bonds. The largest absolute Gasteiger partial charge is 0.339 e. The molecule has 0 aliphatic heterocycles. The number of rotatable bonds is 6. The summed E-state index contributed by atoms with van der Waals surface area (Å²) in [4.78, 5) is 13.9. The van der Waals surface area contributed by atoms with E-state index in [4.69, 9.17) is 5.73 Å². The van der Waals surface area contributed by atoms with Crippen LogP contribution in [-0.2, 0) is 4.79 Å². The Morgan fingerprint density at radius 1 is 1.47 bits per heavy atom. The molecule has 0 heterocycles. The van der Waals surface area contributed by atoms with E-state index >= 15 is 0 Å². The van der Waals surface area contributed by atoms with E-state index < -0.39 is 0 Å². The smallest absolute Gasteiger partial charge is 0.227 e. The van der Waals surface area contributed by atoms with Crippen molar-refractivity contribution in [3.63, 3.8) is 0 Å². The van der Waals surface area contributed by atoms with Gasteiger partial charge in [0.25, 0.3) is 0 Å². The Hall–Kier alpha value is -0.830. The van der Waals surface area contributed by atoms with E-state index in [0.717, 1.165) is 12.1 Å². The van der Waals surface area contributed by atoms with Crippen LogP contribution in [0.4, 0.5) is 0 Å². The van der Waals surface area contributed by atoms with Crippen LogP contribution in [0.15, 0.2) is 12.2 Å². The lowest BCUT2D eigenvalue weighted by Gasteiger charge is -2.27. The molecule has 2 N–H and O–H groups in total. The topological polar surface area (TPSA) is 46.3 Å². The normalized spacial score (nSPS) is 12.7. The number of nitrogens with two attached hydrogens (primary N) is 1. The monoisotopic (exact) mass is 212 g/mol. The summed E-state index contributed by atoms with van der Waals surface area (Å²) in [5.41, 5.74) is 6.63. The standard InChI is InChI=1S/C12H24N2O/c1-6-14(8-9(2)3)12(15)11(7-13)10(4)5/h10-11H,2,6-8,13H2,1,3-5H3. The van der Waals surface area contributed by atoms with Gasteiger partial charge in [-0.15, -0.1) is 0 Å². The van der Waals surface area contributed by atoms with Gasteiger partial charge in [-0.2, -0.15) is 0 Å². The van der Waals surface area contributed by atoms with E-state index in [-0.39, 0.29) is 11.8 Å². The lowest BCUT2D eigenvalue weighted by atomic mass is 9.94. The summed E-state index contributed by atoms with van der Waals surface area (Å²) in [6.07, 6.45) is 0. The second-order valence-electron chi connectivity index (χ2n) is 4.40. The summed E-state index contributed by atoms with van der Waals surface area (Å²) in [5.74, 6) is 0.379. The Morgan fingerprint density at radius 2 is 2.00 bits per heavy atom. The van der Waals surface area contributed by atoms with E-state index in [9.17, 15) is 4.79 Å². The summed E-state index contributed by atoms with van der Waals surface area (Å²) >= 11 is 0. The molecule has 88 valence electrons. The van der Waals surface area contributed by atoms with Gasteiger partial charge >= 0.3 is 0 Å². The van der Waals surface area contributed by atoms with Crippen LogP contribution in [0, 0.1) is 11.8 Å². The first kappa shape index (κ1) is 14.2. The molecule has 0 spiro atoms. The lowest BCUT2D eigenvalue weighted by Crippen LogP contribution is -2.42. The number of carbonyl (C=O) groups is 1. The van der Waals surface area contributed by atoms with Crippen molar-refractivity contribution in [1.29, 1.82) is 0 Å². The molecule has 3 heteroatoms. The molecule has 0 aromatic rings. The van der Waals surface area contributed by atoms with Gasteiger partial charge in [0.05, 0.1) is 5.92 Å². The van der Waals surface area contributed by atoms with Crippen molar-refractivity contribution in [2.24, 2.45) is 17.6 Å². The molecule has 0 radical (unpaired) electrons. The Bertz CT molecular complexity index is 224. The molecule has 1 unspecified atom stereocenters. The van der Waals surface area contributed by atoms with E-state index in [0.29, 0.717) is 19.0 Å². The van der Waals surface area contributed by atoms with Crippen LogP contribution >= 0.6 is 0 Å². The first-order chi connectivity index (χ1) is 6.93. The Balaban J connectivity index is 4.54. The molecular formula is C12H24N2O. The zero-order chi connectivity index (χ0) is 12.0. The van der Waals surface area contributed by atoms with Gasteiger partial charge in [0.1, 0.15) is 0 Å². The highest BCUT2D eigenvalue weighted by molar-refractivity contribution is 5.79. The lowest BCUT2D eigenvalue weighted by molar-refractivity contribution is -0.136. The zero-order valence-electron chi connectivity index (χ0n) is 10.4. The maximum absolute atomic E-state index is 12.1. The van der Waals surface area contributed by atoms with Gasteiger partial charge < -0.3 is 10.6 Å². The zero-order valence-corrected chi connectivity index (χ0v) is 10.4. The number of nitrogens with zero attached hydrogens (tertiary/aromatic N) is 1. The van der Waals surface area contributed by atoms with Gasteiger partial charge in [-0.1, -0.05) is 26.0 Å². The van der Waals surface area contributed by atoms with Crippen LogP contribution < -0.4 is 5.73 Å². The second kappa shape index (κ2) is 6.62. The summed E-state index contributed by atoms with van der Waals surface area (Å²) < 4.78 is 0. The van der Waals surface area contributed by atoms with Crippen molar-refractivity contribution >= 4 is 5.91 Å². The minimum Gasteiger partial charge on any atom is -0.339 e. The number of amides is 1. The van der Waals surface area contributed by atoms with Crippen molar-refractivity contribution < 1.29 is 4.79 Å². The predicted molar refractivity (Wildman–Crippen MR) is 64.5 cm³/mol. The minimum atomic E-state index is -0.0655. The van der Waals surface area contributed by atoms with Crippen molar-refractivity contribution in [2.75, 3.05) is 19.6 Å². The first-order valence-electron chi connectivity index (χ1n) is 5.57.